The largest absolute Gasteiger partial charge is 0.490 e. The second kappa shape index (κ2) is 5.90. The van der Waals surface area contributed by atoms with Gasteiger partial charge in [-0.25, -0.2) is 8.78 Å². The molecule has 0 aliphatic heterocycles. The number of para-hydroxylation sites is 1. The standard InChI is InChI=1S/C16H20F2O2/c1-11(2)20-14-6-4-3-5-13(14)15(19)12-7-9-16(17,18)10-8-12/h3-6,11-12H,7-10H2,1-2H3. The molecule has 0 amide bonds. The molecule has 0 radical (unpaired) electrons. The number of hydrogen-bond donors (Lipinski definition) is 0. The van der Waals surface area contributed by atoms with Gasteiger partial charge in [-0.3, -0.25) is 4.79 Å². The van der Waals surface area contributed by atoms with E-state index < -0.39 is 5.92 Å². The molecule has 110 valence electrons. The topological polar surface area (TPSA) is 26.3 Å². The van der Waals surface area contributed by atoms with Crippen molar-refractivity contribution in [1.82, 2.24) is 0 Å². The quantitative estimate of drug-likeness (QED) is 0.761. The number of benzene rings is 1. The van der Waals surface area contributed by atoms with E-state index in [0.717, 1.165) is 0 Å². The summed E-state index contributed by atoms with van der Waals surface area (Å²) in [6, 6.07) is 7.05. The van der Waals surface area contributed by atoms with Gasteiger partial charge < -0.3 is 4.74 Å². The predicted octanol–water partition coefficient (Wildman–Crippen LogP) is 4.48. The fourth-order valence-corrected chi connectivity index (χ4v) is 2.55. The molecule has 0 bridgehead atoms. The monoisotopic (exact) mass is 282 g/mol. The summed E-state index contributed by atoms with van der Waals surface area (Å²) >= 11 is 0. The summed E-state index contributed by atoms with van der Waals surface area (Å²) in [7, 11) is 0. The number of hydrogen-bond acceptors (Lipinski definition) is 2. The molecule has 0 saturated heterocycles. The average Bonchev–Trinajstić information content (AvgIpc) is 2.38. The van der Waals surface area contributed by atoms with Crippen LogP contribution >= 0.6 is 0 Å². The summed E-state index contributed by atoms with van der Waals surface area (Å²) in [5.41, 5.74) is 0.511. The summed E-state index contributed by atoms with van der Waals surface area (Å²) in [6.45, 7) is 3.78. The Kier molecular flexibility index (Phi) is 4.41. The van der Waals surface area contributed by atoms with Crippen LogP contribution in [0.4, 0.5) is 8.78 Å². The van der Waals surface area contributed by atoms with Crippen molar-refractivity contribution in [3.8, 4) is 5.75 Å². The maximum Gasteiger partial charge on any atom is 0.248 e. The van der Waals surface area contributed by atoms with Gasteiger partial charge in [0, 0.05) is 18.8 Å². The van der Waals surface area contributed by atoms with E-state index >= 15 is 0 Å². The van der Waals surface area contributed by atoms with Crippen molar-refractivity contribution in [2.24, 2.45) is 5.92 Å². The Morgan fingerprint density at radius 1 is 1.25 bits per heavy atom. The zero-order valence-corrected chi connectivity index (χ0v) is 11.9. The Morgan fingerprint density at radius 2 is 1.85 bits per heavy atom. The van der Waals surface area contributed by atoms with Gasteiger partial charge in [-0.15, -0.1) is 0 Å². The van der Waals surface area contributed by atoms with Gasteiger partial charge in [0.1, 0.15) is 5.75 Å². The molecule has 0 aromatic heterocycles. The molecule has 2 rings (SSSR count). The van der Waals surface area contributed by atoms with Crippen LogP contribution in [-0.4, -0.2) is 17.8 Å². The summed E-state index contributed by atoms with van der Waals surface area (Å²) in [5, 5.41) is 0. The molecular formula is C16H20F2O2. The minimum Gasteiger partial charge on any atom is -0.490 e. The minimum atomic E-state index is -2.61. The lowest BCUT2D eigenvalue weighted by Gasteiger charge is -2.27. The molecule has 0 heterocycles. The first-order valence-corrected chi connectivity index (χ1v) is 7.07. The highest BCUT2D eigenvalue weighted by molar-refractivity contribution is 6.00. The van der Waals surface area contributed by atoms with Gasteiger partial charge in [0.15, 0.2) is 5.78 Å². The molecule has 0 spiro atoms. The van der Waals surface area contributed by atoms with Crippen LogP contribution in [0.15, 0.2) is 24.3 Å². The summed E-state index contributed by atoms with van der Waals surface area (Å²) in [5.74, 6) is -2.45. The zero-order chi connectivity index (χ0) is 14.8. The van der Waals surface area contributed by atoms with Crippen LogP contribution in [-0.2, 0) is 0 Å². The zero-order valence-electron chi connectivity index (χ0n) is 11.9. The van der Waals surface area contributed by atoms with Gasteiger partial charge in [-0.1, -0.05) is 12.1 Å². The molecule has 2 nitrogen and oxygen atoms in total. The second-order valence-electron chi connectivity index (χ2n) is 5.66. The second-order valence-corrected chi connectivity index (χ2v) is 5.66. The molecule has 0 N–H and O–H groups in total. The lowest BCUT2D eigenvalue weighted by molar-refractivity contribution is -0.0424. The molecule has 20 heavy (non-hydrogen) atoms. The third-order valence-corrected chi connectivity index (χ3v) is 3.60. The van der Waals surface area contributed by atoms with Gasteiger partial charge in [0.25, 0.3) is 0 Å². The van der Waals surface area contributed by atoms with Crippen LogP contribution in [0.1, 0.15) is 49.9 Å². The number of halogens is 2. The third kappa shape index (κ3) is 3.56. The summed E-state index contributed by atoms with van der Waals surface area (Å²) < 4.78 is 31.9. The van der Waals surface area contributed by atoms with E-state index in [2.05, 4.69) is 0 Å². The molecule has 1 aliphatic carbocycles. The van der Waals surface area contributed by atoms with E-state index in [1.165, 1.54) is 0 Å². The average molecular weight is 282 g/mol. The fourth-order valence-electron chi connectivity index (χ4n) is 2.55. The van der Waals surface area contributed by atoms with Crippen LogP contribution in [0.3, 0.4) is 0 Å². The Hall–Kier alpha value is -1.45. The van der Waals surface area contributed by atoms with Crippen molar-refractivity contribution in [3.63, 3.8) is 0 Å². The van der Waals surface area contributed by atoms with Gasteiger partial charge in [-0.05, 0) is 38.8 Å². The highest BCUT2D eigenvalue weighted by Gasteiger charge is 2.38. The molecule has 0 unspecified atom stereocenters. The highest BCUT2D eigenvalue weighted by atomic mass is 19.3. The Balaban J connectivity index is 2.13. The molecular weight excluding hydrogens is 262 g/mol. The Labute approximate surface area is 118 Å². The first kappa shape index (κ1) is 14.9. The van der Waals surface area contributed by atoms with E-state index in [1.807, 2.05) is 19.9 Å². The normalized spacial score (nSPS) is 19.1. The van der Waals surface area contributed by atoms with Crippen molar-refractivity contribution in [1.29, 1.82) is 0 Å². The van der Waals surface area contributed by atoms with Crippen molar-refractivity contribution in [2.45, 2.75) is 51.6 Å². The lowest BCUT2D eigenvalue weighted by Crippen LogP contribution is -2.29. The van der Waals surface area contributed by atoms with Crippen LogP contribution in [0, 0.1) is 5.92 Å². The van der Waals surface area contributed by atoms with Crippen molar-refractivity contribution >= 4 is 5.78 Å². The molecule has 1 saturated carbocycles. The van der Waals surface area contributed by atoms with E-state index in [-0.39, 0.29) is 43.5 Å². The maximum absolute atomic E-state index is 13.2. The van der Waals surface area contributed by atoms with E-state index in [4.69, 9.17) is 4.74 Å². The number of carbonyl (C=O) groups is 1. The molecule has 0 atom stereocenters. The molecule has 4 heteroatoms. The number of carbonyl (C=O) groups excluding carboxylic acids is 1. The number of ketones is 1. The molecule has 1 aromatic rings. The number of alkyl halides is 2. The number of ether oxygens (including phenoxy) is 1. The van der Waals surface area contributed by atoms with Crippen LogP contribution in [0.25, 0.3) is 0 Å². The van der Waals surface area contributed by atoms with E-state index in [9.17, 15) is 13.6 Å². The summed E-state index contributed by atoms with van der Waals surface area (Å²) in [4.78, 5) is 12.5. The first-order chi connectivity index (χ1) is 9.39. The van der Waals surface area contributed by atoms with Gasteiger partial charge in [0.2, 0.25) is 5.92 Å². The first-order valence-electron chi connectivity index (χ1n) is 7.07. The molecule has 1 aliphatic rings. The predicted molar refractivity (Wildman–Crippen MR) is 73.4 cm³/mol. The van der Waals surface area contributed by atoms with Gasteiger partial charge in [-0.2, -0.15) is 0 Å². The number of rotatable bonds is 4. The lowest BCUT2D eigenvalue weighted by atomic mass is 9.82. The van der Waals surface area contributed by atoms with E-state index in [0.29, 0.717) is 11.3 Å². The molecule has 1 aromatic carbocycles. The van der Waals surface area contributed by atoms with Crippen molar-refractivity contribution in [3.05, 3.63) is 29.8 Å². The smallest absolute Gasteiger partial charge is 0.248 e. The SMILES string of the molecule is CC(C)Oc1ccccc1C(=O)C1CCC(F)(F)CC1. The van der Waals surface area contributed by atoms with Crippen molar-refractivity contribution < 1.29 is 18.3 Å². The van der Waals surface area contributed by atoms with Gasteiger partial charge in [0.05, 0.1) is 11.7 Å². The Bertz CT molecular complexity index is 473. The van der Waals surface area contributed by atoms with Crippen LogP contribution in [0.2, 0.25) is 0 Å². The van der Waals surface area contributed by atoms with E-state index in [1.54, 1.807) is 18.2 Å². The molecule has 1 fully saturated rings. The number of Topliss-reactive ketones (excluding diaryl/α,β-unsaturated/α-hetero) is 1. The van der Waals surface area contributed by atoms with Crippen molar-refractivity contribution in [2.75, 3.05) is 0 Å². The third-order valence-electron chi connectivity index (χ3n) is 3.60. The van der Waals surface area contributed by atoms with Gasteiger partial charge >= 0.3 is 0 Å². The maximum atomic E-state index is 13.2. The van der Waals surface area contributed by atoms with Crippen LogP contribution in [0.5, 0.6) is 5.75 Å². The van der Waals surface area contributed by atoms with Crippen LogP contribution < -0.4 is 4.74 Å². The minimum absolute atomic E-state index is 0.0281. The summed E-state index contributed by atoms with van der Waals surface area (Å²) in [6.07, 6.45) is 0.0799. The fraction of sp³-hybridized carbons (Fsp3) is 0.562. The highest BCUT2D eigenvalue weighted by Crippen LogP contribution is 2.38. The Morgan fingerprint density at radius 3 is 2.45 bits per heavy atom.